The van der Waals surface area contributed by atoms with E-state index in [1.165, 1.54) is 25.4 Å². The fourth-order valence-corrected chi connectivity index (χ4v) is 3.16. The van der Waals surface area contributed by atoms with E-state index in [2.05, 4.69) is 0 Å². The lowest BCUT2D eigenvalue weighted by molar-refractivity contribution is -0.123. The van der Waals surface area contributed by atoms with Gasteiger partial charge < -0.3 is 19.0 Å². The molecule has 1 aromatic carbocycles. The van der Waals surface area contributed by atoms with Crippen molar-refractivity contribution in [2.75, 3.05) is 19.1 Å². The van der Waals surface area contributed by atoms with Crippen molar-refractivity contribution >= 4 is 17.4 Å². The molecule has 2 heterocycles. The first kappa shape index (κ1) is 19.5. The third kappa shape index (κ3) is 3.24. The van der Waals surface area contributed by atoms with Crippen molar-refractivity contribution in [1.82, 2.24) is 0 Å². The van der Waals surface area contributed by atoms with E-state index >= 15 is 0 Å². The molecule has 0 radical (unpaired) electrons. The molecule has 0 bridgehead atoms. The Hall–Kier alpha value is -3.22. The first-order valence-corrected chi connectivity index (χ1v) is 8.77. The molecule has 7 heteroatoms. The Morgan fingerprint density at radius 2 is 1.75 bits per heavy atom. The highest BCUT2D eigenvalue weighted by molar-refractivity contribution is 6.17. The Bertz CT molecular complexity index is 914. The van der Waals surface area contributed by atoms with Crippen molar-refractivity contribution in [2.45, 2.75) is 26.8 Å². The first-order chi connectivity index (χ1) is 13.2. The van der Waals surface area contributed by atoms with Gasteiger partial charge in [-0.2, -0.15) is 0 Å². The van der Waals surface area contributed by atoms with Gasteiger partial charge in [0.1, 0.15) is 23.3 Å². The number of hydrogen-bond donors (Lipinski definition) is 1. The van der Waals surface area contributed by atoms with Gasteiger partial charge in [-0.15, -0.1) is 0 Å². The summed E-state index contributed by atoms with van der Waals surface area (Å²) in [7, 11) is 3.00. The number of aliphatic hydroxyl groups excluding tert-OH is 1. The molecule has 7 nitrogen and oxygen atoms in total. The normalized spacial score (nSPS) is 17.2. The van der Waals surface area contributed by atoms with E-state index in [-0.39, 0.29) is 11.4 Å². The predicted octanol–water partition coefficient (Wildman–Crippen LogP) is 3.81. The molecule has 3 rings (SSSR count). The summed E-state index contributed by atoms with van der Waals surface area (Å²) >= 11 is 0. The molecule has 1 unspecified atom stereocenters. The molecule has 1 N–H and O–H groups in total. The van der Waals surface area contributed by atoms with E-state index in [4.69, 9.17) is 13.9 Å². The Labute approximate surface area is 163 Å². The maximum absolute atomic E-state index is 13.1. The van der Waals surface area contributed by atoms with Crippen molar-refractivity contribution < 1.29 is 28.6 Å². The molecule has 0 aliphatic carbocycles. The summed E-state index contributed by atoms with van der Waals surface area (Å²) in [6.45, 7) is 5.20. The number of rotatable bonds is 5. The van der Waals surface area contributed by atoms with Gasteiger partial charge in [-0.05, 0) is 12.1 Å². The number of aliphatic hydroxyl groups is 1. The van der Waals surface area contributed by atoms with Crippen LogP contribution in [-0.4, -0.2) is 31.0 Å². The zero-order valence-electron chi connectivity index (χ0n) is 16.5. The summed E-state index contributed by atoms with van der Waals surface area (Å²) in [6, 6.07) is 7.37. The third-order valence-electron chi connectivity index (χ3n) is 4.56. The van der Waals surface area contributed by atoms with E-state index in [1.807, 2.05) is 0 Å². The largest absolute Gasteiger partial charge is 0.503 e. The number of anilines is 1. The summed E-state index contributed by atoms with van der Waals surface area (Å²) in [4.78, 5) is 27.4. The Morgan fingerprint density at radius 3 is 2.21 bits per heavy atom. The minimum atomic E-state index is -0.897. The van der Waals surface area contributed by atoms with E-state index < -0.39 is 23.1 Å². The topological polar surface area (TPSA) is 89.2 Å². The zero-order chi connectivity index (χ0) is 20.6. The van der Waals surface area contributed by atoms with Crippen molar-refractivity contribution in [3.8, 4) is 11.5 Å². The third-order valence-corrected chi connectivity index (χ3v) is 4.56. The number of hydrogen-bond acceptors (Lipinski definition) is 6. The maximum Gasteiger partial charge on any atom is 0.294 e. The monoisotopic (exact) mass is 385 g/mol. The SMILES string of the molecule is COc1cc(OC)cc(N2C(=O)C(O)=C(C(=O)C(C)(C)C)C2c2ccco2)c1. The zero-order valence-corrected chi connectivity index (χ0v) is 16.5. The number of furan rings is 1. The molecule has 0 saturated heterocycles. The van der Waals surface area contributed by atoms with Crippen LogP contribution < -0.4 is 14.4 Å². The molecule has 1 aliphatic heterocycles. The van der Waals surface area contributed by atoms with Crippen LogP contribution in [0.25, 0.3) is 0 Å². The van der Waals surface area contributed by atoms with E-state index in [1.54, 1.807) is 51.1 Å². The molecule has 28 heavy (non-hydrogen) atoms. The van der Waals surface area contributed by atoms with Gasteiger partial charge in [0.15, 0.2) is 11.5 Å². The minimum Gasteiger partial charge on any atom is -0.503 e. The lowest BCUT2D eigenvalue weighted by Crippen LogP contribution is -2.32. The smallest absolute Gasteiger partial charge is 0.294 e. The van der Waals surface area contributed by atoms with Gasteiger partial charge in [-0.1, -0.05) is 20.8 Å². The van der Waals surface area contributed by atoms with Crippen LogP contribution >= 0.6 is 0 Å². The number of amides is 1. The summed E-state index contributed by atoms with van der Waals surface area (Å²) in [5.41, 5.74) is -0.378. The number of nitrogens with zero attached hydrogens (tertiary/aromatic N) is 1. The van der Waals surface area contributed by atoms with Crippen molar-refractivity contribution in [1.29, 1.82) is 0 Å². The highest BCUT2D eigenvalue weighted by Crippen LogP contribution is 2.44. The van der Waals surface area contributed by atoms with Crippen LogP contribution in [-0.2, 0) is 9.59 Å². The van der Waals surface area contributed by atoms with Gasteiger partial charge in [-0.25, -0.2) is 0 Å². The van der Waals surface area contributed by atoms with Crippen molar-refractivity contribution in [3.63, 3.8) is 0 Å². The number of ketones is 1. The summed E-state index contributed by atoms with van der Waals surface area (Å²) < 4.78 is 16.1. The van der Waals surface area contributed by atoms with Crippen LogP contribution in [0.4, 0.5) is 5.69 Å². The first-order valence-electron chi connectivity index (χ1n) is 8.77. The van der Waals surface area contributed by atoms with Gasteiger partial charge in [0.2, 0.25) is 0 Å². The molecule has 1 aliphatic rings. The Kier molecular flexibility index (Phi) is 4.93. The van der Waals surface area contributed by atoms with Crippen LogP contribution in [0.2, 0.25) is 0 Å². The van der Waals surface area contributed by atoms with Crippen molar-refractivity contribution in [3.05, 3.63) is 53.7 Å². The summed E-state index contributed by atoms with van der Waals surface area (Å²) in [5, 5.41) is 10.6. The molecule has 148 valence electrons. The average Bonchev–Trinajstić information content (AvgIpc) is 3.27. The second-order valence-corrected chi connectivity index (χ2v) is 7.51. The lowest BCUT2D eigenvalue weighted by Gasteiger charge is -2.27. The summed E-state index contributed by atoms with van der Waals surface area (Å²) in [5.74, 6) is -0.304. The fraction of sp³-hybridized carbons (Fsp3) is 0.333. The molecule has 1 amide bonds. The number of benzene rings is 1. The van der Waals surface area contributed by atoms with Crippen LogP contribution in [0.15, 0.2) is 52.3 Å². The number of methoxy groups -OCH3 is 2. The molecular formula is C21H23NO6. The molecule has 0 saturated carbocycles. The fourth-order valence-electron chi connectivity index (χ4n) is 3.16. The van der Waals surface area contributed by atoms with Crippen LogP contribution in [0, 0.1) is 5.41 Å². The Morgan fingerprint density at radius 1 is 1.14 bits per heavy atom. The highest BCUT2D eigenvalue weighted by Gasteiger charge is 2.48. The van der Waals surface area contributed by atoms with Crippen LogP contribution in [0.1, 0.15) is 32.6 Å². The van der Waals surface area contributed by atoms with Gasteiger partial charge in [0.05, 0.1) is 31.7 Å². The summed E-state index contributed by atoms with van der Waals surface area (Å²) in [6.07, 6.45) is 1.46. The molecule has 1 atom stereocenters. The standard InChI is InChI=1S/C21H23NO6/c1-21(2,3)19(24)16-17(15-7-6-8-28-15)22(20(25)18(16)23)12-9-13(26-4)11-14(10-12)27-5/h6-11,17,23H,1-5H3. The van der Waals surface area contributed by atoms with Crippen LogP contribution in [0.5, 0.6) is 11.5 Å². The highest BCUT2D eigenvalue weighted by atomic mass is 16.5. The van der Waals surface area contributed by atoms with E-state index in [9.17, 15) is 14.7 Å². The Balaban J connectivity index is 2.20. The number of Topliss-reactive ketones (excluding diaryl/α,β-unsaturated/α-hetero) is 1. The molecule has 0 fully saturated rings. The lowest BCUT2D eigenvalue weighted by atomic mass is 9.83. The van der Waals surface area contributed by atoms with Crippen molar-refractivity contribution in [2.24, 2.45) is 5.41 Å². The van der Waals surface area contributed by atoms with Gasteiger partial charge in [0, 0.05) is 23.6 Å². The molecular weight excluding hydrogens is 362 g/mol. The molecule has 1 aromatic heterocycles. The van der Waals surface area contributed by atoms with E-state index in [0.29, 0.717) is 22.9 Å². The molecule has 2 aromatic rings. The molecule has 0 spiro atoms. The average molecular weight is 385 g/mol. The predicted molar refractivity (Wildman–Crippen MR) is 103 cm³/mol. The van der Waals surface area contributed by atoms with Gasteiger partial charge in [0.25, 0.3) is 5.91 Å². The number of ether oxygens (including phenoxy) is 2. The van der Waals surface area contributed by atoms with E-state index in [0.717, 1.165) is 0 Å². The van der Waals surface area contributed by atoms with Crippen LogP contribution in [0.3, 0.4) is 0 Å². The second-order valence-electron chi connectivity index (χ2n) is 7.51. The second kappa shape index (κ2) is 7.07. The number of carbonyl (C=O) groups excluding carboxylic acids is 2. The van der Waals surface area contributed by atoms with Gasteiger partial charge >= 0.3 is 0 Å². The minimum absolute atomic E-state index is 0.00855. The van der Waals surface area contributed by atoms with Gasteiger partial charge in [-0.3, -0.25) is 14.5 Å². The number of carbonyl (C=O) groups is 2. The quantitative estimate of drug-likeness (QED) is 0.842. The maximum atomic E-state index is 13.1.